The lowest BCUT2D eigenvalue weighted by Gasteiger charge is -2.09. The second-order valence-corrected chi connectivity index (χ2v) is 2.37. The first-order chi connectivity index (χ1) is 6.22. The first-order valence-corrected chi connectivity index (χ1v) is 4.12. The molecular formula is C8H14O5. The molecule has 0 spiro atoms. The summed E-state index contributed by atoms with van der Waals surface area (Å²) in [7, 11) is 0. The van der Waals surface area contributed by atoms with Gasteiger partial charge >= 0.3 is 5.97 Å². The number of ether oxygens (including phenoxy) is 2. The molecule has 0 aliphatic rings. The van der Waals surface area contributed by atoms with Crippen molar-refractivity contribution in [1.29, 1.82) is 0 Å². The molecule has 0 bridgehead atoms. The van der Waals surface area contributed by atoms with Gasteiger partial charge in [0, 0.05) is 0 Å². The van der Waals surface area contributed by atoms with Gasteiger partial charge in [-0.1, -0.05) is 13.3 Å². The van der Waals surface area contributed by atoms with Gasteiger partial charge in [-0.3, -0.25) is 4.79 Å². The van der Waals surface area contributed by atoms with Crippen LogP contribution in [0.25, 0.3) is 0 Å². The van der Waals surface area contributed by atoms with Gasteiger partial charge in [0.05, 0.1) is 6.61 Å². The van der Waals surface area contributed by atoms with Gasteiger partial charge in [0.1, 0.15) is 6.61 Å². The summed E-state index contributed by atoms with van der Waals surface area (Å²) in [5.74, 6) is -0.928. The highest BCUT2D eigenvalue weighted by atomic mass is 16.6. The zero-order chi connectivity index (χ0) is 10.1. The number of hydrogen-bond acceptors (Lipinski definition) is 5. The van der Waals surface area contributed by atoms with Crippen molar-refractivity contribution >= 4 is 12.3 Å². The third-order valence-electron chi connectivity index (χ3n) is 1.27. The molecule has 0 aromatic carbocycles. The lowest BCUT2D eigenvalue weighted by atomic mass is 10.4. The topological polar surface area (TPSA) is 72.8 Å². The molecule has 0 saturated heterocycles. The Bertz CT molecular complexity index is 157. The molecule has 0 rings (SSSR count). The Morgan fingerprint density at radius 3 is 2.85 bits per heavy atom. The molecule has 76 valence electrons. The molecule has 0 aliphatic carbocycles. The molecule has 0 radical (unpaired) electrons. The third kappa shape index (κ3) is 6.24. The predicted molar refractivity (Wildman–Crippen MR) is 43.9 cm³/mol. The van der Waals surface area contributed by atoms with E-state index in [0.29, 0.717) is 12.9 Å². The van der Waals surface area contributed by atoms with Gasteiger partial charge < -0.3 is 14.6 Å². The SMILES string of the molecule is CCCCOC(O)C(=O)OCC=O. The van der Waals surface area contributed by atoms with Crippen LogP contribution in [0.3, 0.4) is 0 Å². The number of aliphatic hydroxyl groups excluding tert-OH is 1. The molecule has 1 unspecified atom stereocenters. The number of rotatable bonds is 7. The summed E-state index contributed by atoms with van der Waals surface area (Å²) in [5.41, 5.74) is 0. The van der Waals surface area contributed by atoms with Crippen LogP contribution >= 0.6 is 0 Å². The lowest BCUT2D eigenvalue weighted by Crippen LogP contribution is -2.27. The zero-order valence-corrected chi connectivity index (χ0v) is 7.56. The van der Waals surface area contributed by atoms with E-state index in [1.54, 1.807) is 0 Å². The first-order valence-electron chi connectivity index (χ1n) is 4.12. The standard InChI is InChI=1S/C8H14O5/c1-2-3-5-12-7(10)8(11)13-6-4-9/h4,7,10H,2-3,5-6H2,1H3. The molecule has 5 heteroatoms. The van der Waals surface area contributed by atoms with E-state index in [-0.39, 0.29) is 6.61 Å². The molecular weight excluding hydrogens is 176 g/mol. The van der Waals surface area contributed by atoms with Crippen LogP contribution in [-0.4, -0.2) is 36.9 Å². The molecule has 0 amide bonds. The summed E-state index contributed by atoms with van der Waals surface area (Å²) in [4.78, 5) is 20.5. The van der Waals surface area contributed by atoms with Crippen LogP contribution in [0.4, 0.5) is 0 Å². The molecule has 1 N–H and O–H groups in total. The van der Waals surface area contributed by atoms with E-state index in [1.807, 2.05) is 6.92 Å². The van der Waals surface area contributed by atoms with Gasteiger partial charge in [-0.05, 0) is 6.42 Å². The summed E-state index contributed by atoms with van der Waals surface area (Å²) in [6.45, 7) is 1.90. The van der Waals surface area contributed by atoms with Gasteiger partial charge in [-0.2, -0.15) is 0 Å². The Kier molecular flexibility index (Phi) is 7.14. The quantitative estimate of drug-likeness (QED) is 0.262. The minimum Gasteiger partial charge on any atom is -0.454 e. The van der Waals surface area contributed by atoms with E-state index in [4.69, 9.17) is 9.84 Å². The van der Waals surface area contributed by atoms with Crippen molar-refractivity contribution in [3.63, 3.8) is 0 Å². The normalized spacial score (nSPS) is 12.2. The van der Waals surface area contributed by atoms with Gasteiger partial charge in [0.15, 0.2) is 6.29 Å². The lowest BCUT2D eigenvalue weighted by molar-refractivity contribution is -0.183. The largest absolute Gasteiger partial charge is 0.454 e. The number of carbonyl (C=O) groups is 2. The molecule has 0 saturated carbocycles. The number of aliphatic hydroxyl groups is 1. The van der Waals surface area contributed by atoms with Crippen LogP contribution in [0.5, 0.6) is 0 Å². The van der Waals surface area contributed by atoms with Crippen LogP contribution in [0.1, 0.15) is 19.8 Å². The van der Waals surface area contributed by atoms with Crippen molar-refractivity contribution in [3.05, 3.63) is 0 Å². The number of carbonyl (C=O) groups excluding carboxylic acids is 2. The molecule has 0 aliphatic heterocycles. The molecule has 0 heterocycles. The molecule has 13 heavy (non-hydrogen) atoms. The van der Waals surface area contributed by atoms with Crippen molar-refractivity contribution in [1.82, 2.24) is 0 Å². The molecule has 0 aromatic rings. The monoisotopic (exact) mass is 190 g/mol. The number of aldehydes is 1. The Balaban J connectivity index is 3.50. The predicted octanol–water partition coefficient (Wildman–Crippen LogP) is -0.136. The Morgan fingerprint density at radius 2 is 2.31 bits per heavy atom. The van der Waals surface area contributed by atoms with E-state index in [0.717, 1.165) is 12.8 Å². The highest BCUT2D eigenvalue weighted by Crippen LogP contribution is 1.94. The van der Waals surface area contributed by atoms with E-state index in [1.165, 1.54) is 0 Å². The third-order valence-corrected chi connectivity index (χ3v) is 1.27. The molecule has 0 aromatic heterocycles. The van der Waals surface area contributed by atoms with Crippen molar-refractivity contribution in [2.45, 2.75) is 26.1 Å². The minimum absolute atomic E-state index is 0.299. The summed E-state index contributed by atoms with van der Waals surface area (Å²) >= 11 is 0. The van der Waals surface area contributed by atoms with Gasteiger partial charge in [-0.15, -0.1) is 0 Å². The van der Waals surface area contributed by atoms with Gasteiger partial charge in [0.2, 0.25) is 0 Å². The second kappa shape index (κ2) is 7.70. The number of hydrogen-bond donors (Lipinski definition) is 1. The van der Waals surface area contributed by atoms with Crippen LogP contribution in [0.15, 0.2) is 0 Å². The maximum atomic E-state index is 10.7. The highest BCUT2D eigenvalue weighted by molar-refractivity contribution is 5.74. The van der Waals surface area contributed by atoms with Crippen molar-refractivity contribution < 1.29 is 24.2 Å². The van der Waals surface area contributed by atoms with Crippen molar-refractivity contribution in [2.75, 3.05) is 13.2 Å². The molecule has 5 nitrogen and oxygen atoms in total. The fraction of sp³-hybridized carbons (Fsp3) is 0.750. The zero-order valence-electron chi connectivity index (χ0n) is 7.56. The Labute approximate surface area is 76.6 Å². The molecule has 0 fully saturated rings. The minimum atomic E-state index is -1.58. The van der Waals surface area contributed by atoms with Crippen molar-refractivity contribution in [3.8, 4) is 0 Å². The average molecular weight is 190 g/mol. The summed E-state index contributed by atoms with van der Waals surface area (Å²) in [6.07, 6.45) is 0.525. The van der Waals surface area contributed by atoms with Crippen LogP contribution < -0.4 is 0 Å². The van der Waals surface area contributed by atoms with E-state index >= 15 is 0 Å². The van der Waals surface area contributed by atoms with E-state index in [2.05, 4.69) is 4.74 Å². The van der Waals surface area contributed by atoms with Gasteiger partial charge in [-0.25, -0.2) is 4.79 Å². The Morgan fingerprint density at radius 1 is 1.62 bits per heavy atom. The maximum Gasteiger partial charge on any atom is 0.363 e. The maximum absolute atomic E-state index is 10.7. The van der Waals surface area contributed by atoms with Crippen LogP contribution in [0, 0.1) is 0 Å². The van der Waals surface area contributed by atoms with Crippen molar-refractivity contribution in [2.24, 2.45) is 0 Å². The summed E-state index contributed by atoms with van der Waals surface area (Å²) in [5, 5.41) is 8.96. The smallest absolute Gasteiger partial charge is 0.363 e. The van der Waals surface area contributed by atoms with Gasteiger partial charge in [0.25, 0.3) is 6.29 Å². The number of esters is 1. The number of unbranched alkanes of at least 4 members (excludes halogenated alkanes) is 1. The fourth-order valence-electron chi connectivity index (χ4n) is 0.595. The Hall–Kier alpha value is -0.940. The van der Waals surface area contributed by atoms with Crippen LogP contribution in [0.2, 0.25) is 0 Å². The second-order valence-electron chi connectivity index (χ2n) is 2.37. The van der Waals surface area contributed by atoms with Crippen LogP contribution in [-0.2, 0) is 19.1 Å². The fourth-order valence-corrected chi connectivity index (χ4v) is 0.595. The first kappa shape index (κ1) is 12.1. The van der Waals surface area contributed by atoms with E-state index < -0.39 is 12.3 Å². The molecule has 1 atom stereocenters. The summed E-state index contributed by atoms with van der Waals surface area (Å²) < 4.78 is 9.01. The average Bonchev–Trinajstić information content (AvgIpc) is 2.14. The highest BCUT2D eigenvalue weighted by Gasteiger charge is 2.16. The summed E-state index contributed by atoms with van der Waals surface area (Å²) in [6, 6.07) is 0. The van der Waals surface area contributed by atoms with E-state index in [9.17, 15) is 9.59 Å².